The Morgan fingerprint density at radius 1 is 1.21 bits per heavy atom. The Balaban J connectivity index is 2.33. The fourth-order valence-electron chi connectivity index (χ4n) is 1.57. The van der Waals surface area contributed by atoms with Crippen LogP contribution in [0.1, 0.15) is 16.9 Å². The van der Waals surface area contributed by atoms with Crippen LogP contribution in [0.15, 0.2) is 24.4 Å². The van der Waals surface area contributed by atoms with Crippen molar-refractivity contribution in [3.8, 4) is 0 Å². The maximum absolute atomic E-state index is 11.6. The van der Waals surface area contributed by atoms with Crippen LogP contribution >= 0.6 is 0 Å². The number of ether oxygens (including phenoxy) is 1. The number of aromatic nitrogens is 1. The molecule has 0 saturated heterocycles. The monoisotopic (exact) mass is 285 g/mol. The summed E-state index contributed by atoms with van der Waals surface area (Å²) in [5, 5.41) is 0. The second-order valence-electron chi connectivity index (χ2n) is 3.75. The molecule has 0 saturated carbocycles. The molecule has 0 aliphatic carbocycles. The number of carbonyl (C=O) groups is 1. The third kappa shape index (κ3) is 4.71. The fraction of sp³-hybridized carbons (Fsp3) is 0.500. The van der Waals surface area contributed by atoms with E-state index < -0.39 is 14.8 Å². The van der Waals surface area contributed by atoms with Gasteiger partial charge in [0.2, 0.25) is 0 Å². The molecule has 0 unspecified atom stereocenters. The standard InChI is InChI=1S/C12H19NO5Si/c1-15-19(16-2,17-3)10-6-9-18-12(14)11-7-4-5-8-13-11/h4-5,7-8H,6,9-10H2,1-3H3. The molecular formula is C12H19NO5Si. The van der Waals surface area contributed by atoms with E-state index in [0.717, 1.165) is 0 Å². The highest BCUT2D eigenvalue weighted by atomic mass is 28.4. The normalized spacial score (nSPS) is 11.3. The summed E-state index contributed by atoms with van der Waals surface area (Å²) in [6, 6.07) is 5.68. The van der Waals surface area contributed by atoms with Gasteiger partial charge in [-0.15, -0.1) is 0 Å². The number of hydrogen-bond donors (Lipinski definition) is 0. The lowest BCUT2D eigenvalue weighted by Gasteiger charge is -2.24. The van der Waals surface area contributed by atoms with Gasteiger partial charge in [0.05, 0.1) is 6.61 Å². The minimum atomic E-state index is -2.58. The van der Waals surface area contributed by atoms with Gasteiger partial charge >= 0.3 is 14.8 Å². The lowest BCUT2D eigenvalue weighted by Crippen LogP contribution is -2.42. The quantitative estimate of drug-likeness (QED) is 0.410. The Morgan fingerprint density at radius 3 is 2.42 bits per heavy atom. The van der Waals surface area contributed by atoms with Gasteiger partial charge < -0.3 is 18.0 Å². The van der Waals surface area contributed by atoms with Crippen molar-refractivity contribution in [2.24, 2.45) is 0 Å². The predicted octanol–water partition coefficient (Wildman–Crippen LogP) is 1.51. The Hall–Kier alpha value is -1.28. The molecule has 0 N–H and O–H groups in total. The van der Waals surface area contributed by atoms with E-state index >= 15 is 0 Å². The molecule has 6 nitrogen and oxygen atoms in total. The highest BCUT2D eigenvalue weighted by molar-refractivity contribution is 6.60. The van der Waals surface area contributed by atoms with Crippen LogP contribution in [0.25, 0.3) is 0 Å². The molecule has 0 spiro atoms. The maximum atomic E-state index is 11.6. The van der Waals surface area contributed by atoms with E-state index in [2.05, 4.69) is 4.98 Å². The molecule has 1 aromatic rings. The zero-order valence-electron chi connectivity index (χ0n) is 11.4. The van der Waals surface area contributed by atoms with E-state index in [0.29, 0.717) is 18.2 Å². The maximum Gasteiger partial charge on any atom is 0.500 e. The van der Waals surface area contributed by atoms with Crippen LogP contribution in [0.4, 0.5) is 0 Å². The van der Waals surface area contributed by atoms with E-state index in [-0.39, 0.29) is 6.61 Å². The third-order valence-electron chi connectivity index (χ3n) is 2.67. The van der Waals surface area contributed by atoms with Crippen molar-refractivity contribution in [3.63, 3.8) is 0 Å². The number of rotatable bonds is 8. The molecule has 1 rings (SSSR count). The Kier molecular flexibility index (Phi) is 6.64. The molecule has 19 heavy (non-hydrogen) atoms. The minimum absolute atomic E-state index is 0.278. The summed E-state index contributed by atoms with van der Waals surface area (Å²) >= 11 is 0. The summed E-state index contributed by atoms with van der Waals surface area (Å²) in [5.41, 5.74) is 0.302. The van der Waals surface area contributed by atoms with Crippen molar-refractivity contribution >= 4 is 14.8 Å². The topological polar surface area (TPSA) is 66.9 Å². The second kappa shape index (κ2) is 8.00. The summed E-state index contributed by atoms with van der Waals surface area (Å²) in [7, 11) is 2.09. The molecule has 0 atom stereocenters. The summed E-state index contributed by atoms with van der Waals surface area (Å²) in [6.45, 7) is 0.278. The van der Waals surface area contributed by atoms with Crippen molar-refractivity contribution in [2.45, 2.75) is 12.5 Å². The summed E-state index contributed by atoms with van der Waals surface area (Å²) in [5.74, 6) is -0.430. The smallest absolute Gasteiger partial charge is 0.461 e. The van der Waals surface area contributed by atoms with E-state index in [1.807, 2.05) is 0 Å². The average molecular weight is 285 g/mol. The molecule has 0 aliphatic heterocycles. The van der Waals surface area contributed by atoms with Gasteiger partial charge in [-0.2, -0.15) is 0 Å². The number of nitrogens with zero attached hydrogens (tertiary/aromatic N) is 1. The summed E-state index contributed by atoms with van der Waals surface area (Å²) in [4.78, 5) is 15.5. The van der Waals surface area contributed by atoms with Gasteiger partial charge in [-0.1, -0.05) is 6.07 Å². The summed E-state index contributed by atoms with van der Waals surface area (Å²) in [6.07, 6.45) is 2.16. The highest BCUT2D eigenvalue weighted by Crippen LogP contribution is 2.15. The van der Waals surface area contributed by atoms with E-state index in [4.69, 9.17) is 18.0 Å². The summed E-state index contributed by atoms with van der Waals surface area (Å²) < 4.78 is 20.9. The number of pyridine rings is 1. The SMILES string of the molecule is CO[Si](CCCOC(=O)c1ccccn1)(OC)OC. The fourth-order valence-corrected chi connectivity index (χ4v) is 3.26. The average Bonchev–Trinajstić information content (AvgIpc) is 2.49. The first-order chi connectivity index (χ1) is 9.17. The second-order valence-corrected chi connectivity index (χ2v) is 6.84. The zero-order chi connectivity index (χ0) is 14.1. The first-order valence-electron chi connectivity index (χ1n) is 5.91. The van der Waals surface area contributed by atoms with Crippen LogP contribution < -0.4 is 0 Å². The molecule has 0 bridgehead atoms. The van der Waals surface area contributed by atoms with E-state index in [9.17, 15) is 4.79 Å². The van der Waals surface area contributed by atoms with Gasteiger partial charge in [0.15, 0.2) is 0 Å². The van der Waals surface area contributed by atoms with Gasteiger partial charge in [-0.3, -0.25) is 0 Å². The van der Waals surface area contributed by atoms with Gasteiger partial charge in [-0.25, -0.2) is 9.78 Å². The number of hydrogen-bond acceptors (Lipinski definition) is 6. The lowest BCUT2D eigenvalue weighted by molar-refractivity contribution is 0.0486. The van der Waals surface area contributed by atoms with E-state index in [1.54, 1.807) is 45.7 Å². The first kappa shape index (κ1) is 15.8. The molecule has 0 radical (unpaired) electrons. The van der Waals surface area contributed by atoms with Crippen LogP contribution in [-0.4, -0.2) is 47.7 Å². The van der Waals surface area contributed by atoms with Crippen molar-refractivity contribution in [1.82, 2.24) is 4.98 Å². The molecule has 106 valence electrons. The molecule has 1 aromatic heterocycles. The van der Waals surface area contributed by atoms with Crippen LogP contribution in [0.2, 0.25) is 6.04 Å². The highest BCUT2D eigenvalue weighted by Gasteiger charge is 2.37. The molecular weight excluding hydrogens is 266 g/mol. The van der Waals surface area contributed by atoms with Gasteiger partial charge in [-0.05, 0) is 18.6 Å². The van der Waals surface area contributed by atoms with Crippen molar-refractivity contribution in [2.75, 3.05) is 27.9 Å². The molecule has 7 heteroatoms. The minimum Gasteiger partial charge on any atom is -0.461 e. The van der Waals surface area contributed by atoms with Crippen LogP contribution in [0.3, 0.4) is 0 Å². The predicted molar refractivity (Wildman–Crippen MR) is 70.7 cm³/mol. The zero-order valence-corrected chi connectivity index (χ0v) is 12.4. The number of esters is 1. The van der Waals surface area contributed by atoms with Crippen molar-refractivity contribution < 1.29 is 22.8 Å². The molecule has 0 aliphatic rings. The Labute approximate surface area is 114 Å². The molecule has 0 aromatic carbocycles. The van der Waals surface area contributed by atoms with Crippen LogP contribution in [0, 0.1) is 0 Å². The third-order valence-corrected chi connectivity index (χ3v) is 5.50. The van der Waals surface area contributed by atoms with Gasteiger partial charge in [0, 0.05) is 33.6 Å². The van der Waals surface area contributed by atoms with Crippen LogP contribution in [-0.2, 0) is 18.0 Å². The molecule has 0 fully saturated rings. The molecule has 1 heterocycles. The lowest BCUT2D eigenvalue weighted by atomic mass is 10.3. The van der Waals surface area contributed by atoms with Crippen LogP contribution in [0.5, 0.6) is 0 Å². The van der Waals surface area contributed by atoms with Gasteiger partial charge in [0.1, 0.15) is 5.69 Å². The van der Waals surface area contributed by atoms with Gasteiger partial charge in [0.25, 0.3) is 0 Å². The number of carbonyl (C=O) groups excluding carboxylic acids is 1. The van der Waals surface area contributed by atoms with E-state index in [1.165, 1.54) is 0 Å². The van der Waals surface area contributed by atoms with Crippen molar-refractivity contribution in [3.05, 3.63) is 30.1 Å². The first-order valence-corrected chi connectivity index (χ1v) is 7.84. The molecule has 0 amide bonds. The Morgan fingerprint density at radius 2 is 1.89 bits per heavy atom. The Bertz CT molecular complexity index is 375. The largest absolute Gasteiger partial charge is 0.500 e. The van der Waals surface area contributed by atoms with Crippen molar-refractivity contribution in [1.29, 1.82) is 0 Å².